The third kappa shape index (κ3) is 4.13. The maximum Gasteiger partial charge on any atom is 0.416 e. The summed E-state index contributed by atoms with van der Waals surface area (Å²) < 4.78 is 11.3. The topological polar surface area (TPSA) is 80.4 Å². The van der Waals surface area contributed by atoms with Crippen LogP contribution >= 0.6 is 0 Å². The largest absolute Gasteiger partial charge is 0.443 e. The molecule has 0 N–H and O–H groups in total. The lowest BCUT2D eigenvalue weighted by Gasteiger charge is -2.34. The van der Waals surface area contributed by atoms with E-state index in [4.69, 9.17) is 19.1 Å². The molecule has 1 saturated carbocycles. The summed E-state index contributed by atoms with van der Waals surface area (Å²) in [5.74, 6) is 1.91. The van der Waals surface area contributed by atoms with Crippen molar-refractivity contribution in [1.29, 1.82) is 0 Å². The van der Waals surface area contributed by atoms with Crippen LogP contribution in [0.2, 0.25) is 0 Å². The molecule has 1 fully saturated rings. The molecule has 0 bridgehead atoms. The number of amides is 1. The highest BCUT2D eigenvalue weighted by atomic mass is 16.7. The minimum Gasteiger partial charge on any atom is -0.443 e. The van der Waals surface area contributed by atoms with Crippen molar-refractivity contribution in [2.75, 3.05) is 14.2 Å². The lowest BCUT2D eigenvalue weighted by Crippen LogP contribution is -2.46. The number of aryl methyl sites for hydroxylation is 2. The van der Waals surface area contributed by atoms with Gasteiger partial charge >= 0.3 is 6.09 Å². The Balaban J connectivity index is 1.83. The van der Waals surface area contributed by atoms with Crippen LogP contribution in [0.1, 0.15) is 64.0 Å². The number of aromatic nitrogens is 1. The predicted octanol–water partition coefficient (Wildman–Crippen LogP) is 4.64. The van der Waals surface area contributed by atoms with Crippen molar-refractivity contribution < 1.29 is 18.9 Å². The van der Waals surface area contributed by atoms with Crippen molar-refractivity contribution in [1.82, 2.24) is 15.1 Å². The van der Waals surface area contributed by atoms with Gasteiger partial charge in [-0.25, -0.2) is 9.79 Å². The first-order chi connectivity index (χ1) is 15.0. The number of hydrogen-bond acceptors (Lipinski definition) is 7. The van der Waals surface area contributed by atoms with Gasteiger partial charge in [0.1, 0.15) is 17.2 Å². The summed E-state index contributed by atoms with van der Waals surface area (Å²) >= 11 is 0. The van der Waals surface area contributed by atoms with E-state index >= 15 is 0 Å². The molecule has 2 unspecified atom stereocenters. The molecule has 0 saturated heterocycles. The summed E-state index contributed by atoms with van der Waals surface area (Å²) in [6.07, 6.45) is 4.56. The highest BCUT2D eigenvalue weighted by molar-refractivity contribution is 6.02. The number of likely N-dealkylation sites (N-methyl/N-ethyl adjacent to an activating group) is 1. The van der Waals surface area contributed by atoms with Gasteiger partial charge in [-0.3, -0.25) is 4.90 Å². The Morgan fingerprint density at radius 1 is 1.31 bits per heavy atom. The average molecular weight is 443 g/mol. The molecule has 0 aromatic carbocycles. The maximum absolute atomic E-state index is 13.4. The van der Waals surface area contributed by atoms with E-state index in [-0.39, 0.29) is 18.2 Å². The second kappa shape index (κ2) is 8.15. The van der Waals surface area contributed by atoms with E-state index in [1.165, 1.54) is 0 Å². The molecule has 2 aliphatic carbocycles. The van der Waals surface area contributed by atoms with Crippen molar-refractivity contribution in [3.63, 3.8) is 0 Å². The summed E-state index contributed by atoms with van der Waals surface area (Å²) in [5.41, 5.74) is 4.29. The number of carbonyl (C=O) groups excluding carboxylic acids is 1. The average Bonchev–Trinajstić information content (AvgIpc) is 3.41. The van der Waals surface area contributed by atoms with E-state index in [0.717, 1.165) is 52.5 Å². The van der Waals surface area contributed by atoms with E-state index in [1.807, 2.05) is 41.7 Å². The maximum atomic E-state index is 13.4. The molecule has 174 valence electrons. The van der Waals surface area contributed by atoms with Crippen LogP contribution in [0.5, 0.6) is 0 Å². The van der Waals surface area contributed by atoms with Crippen LogP contribution in [0.3, 0.4) is 0 Å². The SMILES string of the molecule is CON(C)C(C)C1=C2N=C(C3CC3)N(C(=O)OC(C)(C)C)C2CC(c2c(C)noc2C)=C1. The van der Waals surface area contributed by atoms with Crippen LogP contribution in [0.15, 0.2) is 26.9 Å². The fourth-order valence-corrected chi connectivity index (χ4v) is 4.47. The summed E-state index contributed by atoms with van der Waals surface area (Å²) in [5, 5.41) is 5.95. The van der Waals surface area contributed by atoms with Gasteiger partial charge in [-0.2, -0.15) is 5.06 Å². The highest BCUT2D eigenvalue weighted by Gasteiger charge is 2.47. The molecule has 4 rings (SSSR count). The molecule has 0 radical (unpaired) electrons. The van der Waals surface area contributed by atoms with E-state index in [2.05, 4.69) is 18.2 Å². The molecule has 1 amide bonds. The normalized spacial score (nSPS) is 22.2. The quantitative estimate of drug-likeness (QED) is 0.618. The van der Waals surface area contributed by atoms with Gasteiger partial charge in [0.05, 0.1) is 30.6 Å². The third-order valence-corrected chi connectivity index (χ3v) is 6.32. The molecule has 1 aliphatic heterocycles. The molecule has 0 spiro atoms. The molecule has 2 atom stereocenters. The Bertz CT molecular complexity index is 990. The van der Waals surface area contributed by atoms with Crippen molar-refractivity contribution >= 4 is 17.5 Å². The van der Waals surface area contributed by atoms with Gasteiger partial charge in [0.15, 0.2) is 0 Å². The monoisotopic (exact) mass is 442 g/mol. The summed E-state index contributed by atoms with van der Waals surface area (Å²) in [6, 6.07) is -0.284. The minimum absolute atomic E-state index is 0.0592. The molecule has 8 nitrogen and oxygen atoms in total. The molecule has 2 heterocycles. The number of amidine groups is 1. The lowest BCUT2D eigenvalue weighted by molar-refractivity contribution is -0.126. The Kier molecular flexibility index (Phi) is 5.79. The van der Waals surface area contributed by atoms with E-state index in [1.54, 1.807) is 17.1 Å². The summed E-state index contributed by atoms with van der Waals surface area (Å²) in [6.45, 7) is 11.6. The first-order valence-corrected chi connectivity index (χ1v) is 11.3. The first kappa shape index (κ1) is 22.7. The smallest absolute Gasteiger partial charge is 0.416 e. The van der Waals surface area contributed by atoms with Gasteiger partial charge in [-0.1, -0.05) is 11.2 Å². The second-order valence-corrected chi connectivity index (χ2v) is 9.93. The predicted molar refractivity (Wildman–Crippen MR) is 122 cm³/mol. The Morgan fingerprint density at radius 3 is 2.53 bits per heavy atom. The number of aliphatic imine (C=N–C) groups is 1. The standard InChI is InChI=1S/C24H34N4O4/c1-13-20(15(3)32-26-13)17-11-18(14(2)27(7)30-8)21-19(12-17)28(22(25-21)16-9-10-16)23(29)31-24(4,5)6/h11,14,16,19H,9-10,12H2,1-8H3. The number of nitrogens with zero attached hydrogens (tertiary/aromatic N) is 4. The van der Waals surface area contributed by atoms with Crippen LogP contribution in [0.4, 0.5) is 4.79 Å². The molecule has 3 aliphatic rings. The molecule has 1 aromatic rings. The van der Waals surface area contributed by atoms with Crippen molar-refractivity contribution in [3.05, 3.63) is 34.4 Å². The molecular weight excluding hydrogens is 408 g/mol. The van der Waals surface area contributed by atoms with E-state index < -0.39 is 5.60 Å². The van der Waals surface area contributed by atoms with E-state index in [0.29, 0.717) is 12.3 Å². The highest BCUT2D eigenvalue weighted by Crippen LogP contribution is 2.45. The van der Waals surface area contributed by atoms with Gasteiger partial charge in [-0.15, -0.1) is 0 Å². The van der Waals surface area contributed by atoms with Crippen LogP contribution in [-0.2, 0) is 9.57 Å². The van der Waals surface area contributed by atoms with Crippen molar-refractivity contribution in [2.45, 2.75) is 78.5 Å². The molecule has 32 heavy (non-hydrogen) atoms. The van der Waals surface area contributed by atoms with Crippen molar-refractivity contribution in [2.24, 2.45) is 10.9 Å². The number of ether oxygens (including phenoxy) is 1. The number of carbonyl (C=O) groups is 1. The number of fused-ring (bicyclic) bond motifs is 1. The van der Waals surface area contributed by atoms with Crippen LogP contribution < -0.4 is 0 Å². The van der Waals surface area contributed by atoms with Gasteiger partial charge < -0.3 is 14.1 Å². The molecule has 1 aromatic heterocycles. The van der Waals surface area contributed by atoms with Crippen molar-refractivity contribution in [3.8, 4) is 0 Å². The summed E-state index contributed by atoms with van der Waals surface area (Å²) in [4.78, 5) is 25.7. The number of hydroxylamine groups is 2. The fourth-order valence-electron chi connectivity index (χ4n) is 4.47. The Hall–Kier alpha value is -2.45. The second-order valence-electron chi connectivity index (χ2n) is 9.93. The first-order valence-electron chi connectivity index (χ1n) is 11.3. The zero-order chi connectivity index (χ0) is 23.4. The number of hydrogen-bond donors (Lipinski definition) is 0. The lowest BCUT2D eigenvalue weighted by atomic mass is 9.85. The Morgan fingerprint density at radius 2 is 2.00 bits per heavy atom. The minimum atomic E-state index is -0.584. The molecular formula is C24H34N4O4. The zero-order valence-corrected chi connectivity index (χ0v) is 20.4. The van der Waals surface area contributed by atoms with Gasteiger partial charge in [-0.05, 0) is 72.0 Å². The van der Waals surface area contributed by atoms with Gasteiger partial charge in [0.25, 0.3) is 0 Å². The third-order valence-electron chi connectivity index (χ3n) is 6.32. The molecule has 8 heteroatoms. The van der Waals surface area contributed by atoms with Crippen LogP contribution in [0.25, 0.3) is 5.57 Å². The fraction of sp³-hybridized carbons (Fsp3) is 0.625. The van der Waals surface area contributed by atoms with Crippen LogP contribution in [-0.4, -0.2) is 58.9 Å². The van der Waals surface area contributed by atoms with Gasteiger partial charge in [0.2, 0.25) is 0 Å². The van der Waals surface area contributed by atoms with Gasteiger partial charge in [0, 0.05) is 18.5 Å². The number of rotatable bonds is 5. The summed E-state index contributed by atoms with van der Waals surface area (Å²) in [7, 11) is 3.55. The Labute approximate surface area is 189 Å². The zero-order valence-electron chi connectivity index (χ0n) is 20.4. The van der Waals surface area contributed by atoms with E-state index in [9.17, 15) is 4.79 Å². The van der Waals surface area contributed by atoms with Crippen LogP contribution in [0, 0.1) is 19.8 Å².